The van der Waals surface area contributed by atoms with Crippen LogP contribution < -0.4 is 16.6 Å². The number of H-pyrrole nitrogens is 1. The number of halogens is 3. The molecule has 1 aromatic rings. The SMILES string of the molecule is N#CCCO[C@H]1C[C@H](n2cc(C#CCNC(=O)C(F)(F)F)c(=O)[nH]c2=O)O[C@@H]1CO. The number of aromatic nitrogens is 2. The van der Waals surface area contributed by atoms with Crippen LogP contribution in [0.15, 0.2) is 15.8 Å². The minimum atomic E-state index is -5.05. The normalized spacial score (nSPS) is 20.8. The number of aromatic amines is 1. The summed E-state index contributed by atoms with van der Waals surface area (Å²) in [6.45, 7) is -0.968. The van der Waals surface area contributed by atoms with Gasteiger partial charge in [-0.25, -0.2) is 4.79 Å². The Kier molecular flexibility index (Phi) is 7.77. The van der Waals surface area contributed by atoms with Crippen molar-refractivity contribution in [2.24, 2.45) is 0 Å². The largest absolute Gasteiger partial charge is 0.471 e. The van der Waals surface area contributed by atoms with E-state index in [0.717, 1.165) is 10.8 Å². The number of alkyl halides is 3. The van der Waals surface area contributed by atoms with Crippen LogP contribution in [0.3, 0.4) is 0 Å². The van der Waals surface area contributed by atoms with Gasteiger partial charge < -0.3 is 19.9 Å². The molecule has 162 valence electrons. The number of aliphatic hydroxyl groups excluding tert-OH is 1. The summed E-state index contributed by atoms with van der Waals surface area (Å²) in [5.41, 5.74) is -1.94. The van der Waals surface area contributed by atoms with E-state index in [-0.39, 0.29) is 25.0 Å². The average molecular weight is 430 g/mol. The van der Waals surface area contributed by atoms with Crippen molar-refractivity contribution >= 4 is 5.91 Å². The number of nitrogens with one attached hydrogen (secondary N) is 2. The first-order chi connectivity index (χ1) is 14.2. The fourth-order valence-corrected chi connectivity index (χ4v) is 2.62. The highest BCUT2D eigenvalue weighted by molar-refractivity contribution is 5.81. The number of amides is 1. The van der Waals surface area contributed by atoms with Gasteiger partial charge in [0, 0.05) is 12.6 Å². The Morgan fingerprint density at radius 2 is 2.20 bits per heavy atom. The minimum absolute atomic E-state index is 0.106. The first kappa shape index (κ1) is 23.2. The maximum atomic E-state index is 12.1. The molecule has 13 heteroatoms. The zero-order valence-electron chi connectivity index (χ0n) is 15.4. The van der Waals surface area contributed by atoms with Gasteiger partial charge >= 0.3 is 17.8 Å². The second-order valence-corrected chi connectivity index (χ2v) is 6.06. The van der Waals surface area contributed by atoms with Crippen LogP contribution in [0.25, 0.3) is 0 Å². The van der Waals surface area contributed by atoms with Crippen LogP contribution in [0.2, 0.25) is 0 Å². The van der Waals surface area contributed by atoms with E-state index < -0.39 is 54.9 Å². The topological polar surface area (TPSA) is 146 Å². The summed E-state index contributed by atoms with van der Waals surface area (Å²) in [7, 11) is 0. The van der Waals surface area contributed by atoms with E-state index in [9.17, 15) is 32.7 Å². The van der Waals surface area contributed by atoms with Gasteiger partial charge in [0.1, 0.15) is 17.9 Å². The smallest absolute Gasteiger partial charge is 0.394 e. The molecule has 0 radical (unpaired) electrons. The van der Waals surface area contributed by atoms with E-state index in [2.05, 4.69) is 11.8 Å². The molecule has 1 aromatic heterocycles. The number of carbonyl (C=O) groups is 1. The highest BCUT2D eigenvalue weighted by Gasteiger charge is 2.38. The van der Waals surface area contributed by atoms with Gasteiger partial charge in [-0.3, -0.25) is 19.1 Å². The van der Waals surface area contributed by atoms with Gasteiger partial charge in [0.25, 0.3) is 5.56 Å². The molecule has 0 unspecified atom stereocenters. The summed E-state index contributed by atoms with van der Waals surface area (Å²) in [6, 6.07) is 1.90. The van der Waals surface area contributed by atoms with Crippen molar-refractivity contribution in [3.63, 3.8) is 0 Å². The van der Waals surface area contributed by atoms with Crippen molar-refractivity contribution in [3.05, 3.63) is 32.6 Å². The molecule has 1 aliphatic heterocycles. The molecule has 0 spiro atoms. The molecule has 1 fully saturated rings. The Bertz CT molecular complexity index is 985. The second-order valence-electron chi connectivity index (χ2n) is 6.06. The van der Waals surface area contributed by atoms with Crippen molar-refractivity contribution < 1.29 is 32.5 Å². The van der Waals surface area contributed by atoms with Crippen LogP contribution in [-0.4, -0.2) is 58.7 Å². The lowest BCUT2D eigenvalue weighted by atomic mass is 10.2. The molecule has 30 heavy (non-hydrogen) atoms. The molecule has 2 rings (SSSR count). The number of rotatable bonds is 6. The second kappa shape index (κ2) is 10.1. The maximum absolute atomic E-state index is 12.1. The maximum Gasteiger partial charge on any atom is 0.471 e. The van der Waals surface area contributed by atoms with Crippen molar-refractivity contribution in [1.29, 1.82) is 5.26 Å². The van der Waals surface area contributed by atoms with Gasteiger partial charge in [-0.2, -0.15) is 18.4 Å². The zero-order valence-corrected chi connectivity index (χ0v) is 15.4. The Morgan fingerprint density at radius 3 is 2.83 bits per heavy atom. The fourth-order valence-electron chi connectivity index (χ4n) is 2.62. The van der Waals surface area contributed by atoms with Crippen LogP contribution in [-0.2, 0) is 14.3 Å². The number of carbonyl (C=O) groups excluding carboxylic acids is 1. The molecule has 0 bridgehead atoms. The molecule has 1 saturated heterocycles. The molecule has 0 aromatic carbocycles. The van der Waals surface area contributed by atoms with Gasteiger partial charge in [-0.05, 0) is 0 Å². The van der Waals surface area contributed by atoms with Crippen LogP contribution in [0.5, 0.6) is 0 Å². The van der Waals surface area contributed by atoms with E-state index in [1.165, 1.54) is 5.32 Å². The number of hydrogen-bond donors (Lipinski definition) is 3. The zero-order chi connectivity index (χ0) is 22.3. The van der Waals surface area contributed by atoms with Crippen LogP contribution >= 0.6 is 0 Å². The van der Waals surface area contributed by atoms with Gasteiger partial charge in [0.2, 0.25) is 0 Å². The molecule has 0 aliphatic carbocycles. The van der Waals surface area contributed by atoms with Crippen LogP contribution in [0.1, 0.15) is 24.6 Å². The van der Waals surface area contributed by atoms with Crippen LogP contribution in [0, 0.1) is 23.2 Å². The lowest BCUT2D eigenvalue weighted by Crippen LogP contribution is -2.37. The van der Waals surface area contributed by atoms with Crippen molar-refractivity contribution in [3.8, 4) is 17.9 Å². The highest BCUT2D eigenvalue weighted by Crippen LogP contribution is 2.29. The van der Waals surface area contributed by atoms with Crippen LogP contribution in [0.4, 0.5) is 13.2 Å². The standard InChI is InChI=1S/C17H17F3N4O6/c18-17(19,20)15(27)22-5-1-3-10-8-24(16(28)23-14(10)26)13-7-11(12(9-25)30-13)29-6-2-4-21/h8,11-13,25H,2,5-7,9H2,(H,22,27)(H,23,26,28)/t11-,12+,13+/m0/s1. The minimum Gasteiger partial charge on any atom is -0.394 e. The van der Waals surface area contributed by atoms with Gasteiger partial charge in [-0.1, -0.05) is 11.8 Å². The number of nitriles is 1. The van der Waals surface area contributed by atoms with Gasteiger partial charge in [-0.15, -0.1) is 0 Å². The monoisotopic (exact) mass is 430 g/mol. The predicted molar refractivity (Wildman–Crippen MR) is 92.8 cm³/mol. The number of hydrogen-bond acceptors (Lipinski definition) is 7. The molecule has 1 aliphatic rings. The molecule has 3 atom stereocenters. The van der Waals surface area contributed by atoms with E-state index in [0.29, 0.717) is 0 Å². The third-order valence-corrected chi connectivity index (χ3v) is 4.00. The van der Waals surface area contributed by atoms with E-state index in [4.69, 9.17) is 14.7 Å². The predicted octanol–water partition coefficient (Wildman–Crippen LogP) is -0.855. The number of nitrogens with zero attached hydrogens (tertiary/aromatic N) is 2. The van der Waals surface area contributed by atoms with Crippen molar-refractivity contribution in [1.82, 2.24) is 14.9 Å². The Morgan fingerprint density at radius 1 is 1.47 bits per heavy atom. The lowest BCUT2D eigenvalue weighted by molar-refractivity contribution is -0.173. The molecule has 2 heterocycles. The lowest BCUT2D eigenvalue weighted by Gasteiger charge is -2.15. The summed E-state index contributed by atoms with van der Waals surface area (Å²) in [6.07, 6.45) is -6.00. The van der Waals surface area contributed by atoms with Crippen molar-refractivity contribution in [2.45, 2.75) is 37.5 Å². The molecule has 1 amide bonds. The first-order valence-corrected chi connectivity index (χ1v) is 8.61. The molecule has 0 saturated carbocycles. The number of aliphatic hydroxyl groups is 1. The third kappa shape index (κ3) is 5.93. The quantitative estimate of drug-likeness (QED) is 0.393. The summed E-state index contributed by atoms with van der Waals surface area (Å²) in [5.74, 6) is 2.30. The average Bonchev–Trinajstić information content (AvgIpc) is 3.08. The summed E-state index contributed by atoms with van der Waals surface area (Å²) in [5, 5.41) is 19.5. The van der Waals surface area contributed by atoms with E-state index in [1.807, 2.05) is 11.1 Å². The third-order valence-electron chi connectivity index (χ3n) is 4.00. The molecular weight excluding hydrogens is 413 g/mol. The molecular formula is C17H17F3N4O6. The molecule has 10 nitrogen and oxygen atoms in total. The van der Waals surface area contributed by atoms with Crippen molar-refractivity contribution in [2.75, 3.05) is 19.8 Å². The Hall–Kier alpha value is -3.13. The van der Waals surface area contributed by atoms with E-state index in [1.54, 1.807) is 0 Å². The van der Waals surface area contributed by atoms with Gasteiger partial charge in [0.05, 0.1) is 38.4 Å². The summed E-state index contributed by atoms with van der Waals surface area (Å²) < 4.78 is 48.4. The fraction of sp³-hybridized carbons (Fsp3) is 0.529. The number of ether oxygens (including phenoxy) is 2. The summed E-state index contributed by atoms with van der Waals surface area (Å²) in [4.78, 5) is 36.7. The van der Waals surface area contributed by atoms with E-state index >= 15 is 0 Å². The molecule has 3 N–H and O–H groups in total. The van der Waals surface area contributed by atoms with Gasteiger partial charge in [0.15, 0.2) is 0 Å². The summed E-state index contributed by atoms with van der Waals surface area (Å²) >= 11 is 0. The first-order valence-electron chi connectivity index (χ1n) is 8.61. The Labute approximate surface area is 167 Å². The highest BCUT2D eigenvalue weighted by atomic mass is 19.4. The Balaban J connectivity index is 2.15.